The number of amides is 1. The third-order valence-corrected chi connectivity index (χ3v) is 3.61. The van der Waals surface area contributed by atoms with Crippen LogP contribution in [0.15, 0.2) is 60.7 Å². The van der Waals surface area contributed by atoms with Crippen molar-refractivity contribution in [1.82, 2.24) is 5.32 Å². The highest BCUT2D eigenvalue weighted by Gasteiger charge is 2.20. The molecule has 1 aliphatic heterocycles. The summed E-state index contributed by atoms with van der Waals surface area (Å²) in [5.41, 5.74) is 1.91. The van der Waals surface area contributed by atoms with Gasteiger partial charge in [0.05, 0.1) is 13.2 Å². The van der Waals surface area contributed by atoms with E-state index in [2.05, 4.69) is 5.32 Å². The third kappa shape index (κ3) is 3.11. The maximum absolute atomic E-state index is 12.0. The van der Waals surface area contributed by atoms with Crippen molar-refractivity contribution in [2.24, 2.45) is 0 Å². The highest BCUT2D eigenvalue weighted by Crippen LogP contribution is 2.26. The number of hydrogen-bond acceptors (Lipinski definition) is 3. The van der Waals surface area contributed by atoms with Gasteiger partial charge in [0.2, 0.25) is 0 Å². The molecule has 2 aromatic rings. The minimum Gasteiger partial charge on any atom is -0.497 e. The van der Waals surface area contributed by atoms with Gasteiger partial charge in [-0.05, 0) is 30.2 Å². The molecule has 1 aliphatic rings. The van der Waals surface area contributed by atoms with Crippen LogP contribution in [0.3, 0.4) is 0 Å². The Morgan fingerprint density at radius 2 is 1.82 bits per heavy atom. The molecule has 112 valence electrons. The number of carbonyl (C=O) groups is 1. The number of ether oxygens (including phenoxy) is 2. The molecular formula is C18H17NO3. The van der Waals surface area contributed by atoms with E-state index in [1.807, 2.05) is 60.7 Å². The van der Waals surface area contributed by atoms with Crippen molar-refractivity contribution in [1.29, 1.82) is 0 Å². The second-order valence-corrected chi connectivity index (χ2v) is 5.03. The average Bonchev–Trinajstić information content (AvgIpc) is 2.77. The molecule has 1 heterocycles. The van der Waals surface area contributed by atoms with Crippen molar-refractivity contribution in [2.75, 3.05) is 7.11 Å². The second-order valence-electron chi connectivity index (χ2n) is 5.03. The number of alkyl carbamates (subject to hydrolysis) is 1. The first-order chi connectivity index (χ1) is 10.8. The van der Waals surface area contributed by atoms with Crippen LogP contribution in [0.25, 0.3) is 5.76 Å². The van der Waals surface area contributed by atoms with Crippen molar-refractivity contribution in [3.63, 3.8) is 0 Å². The van der Waals surface area contributed by atoms with E-state index in [0.29, 0.717) is 12.2 Å². The lowest BCUT2D eigenvalue weighted by atomic mass is 10.0. The summed E-state index contributed by atoms with van der Waals surface area (Å²) in [7, 11) is 1.63. The van der Waals surface area contributed by atoms with Gasteiger partial charge in [-0.3, -0.25) is 0 Å². The average molecular weight is 295 g/mol. The van der Waals surface area contributed by atoms with E-state index in [1.54, 1.807) is 7.11 Å². The lowest BCUT2D eigenvalue weighted by molar-refractivity contribution is 0.190. The zero-order valence-corrected chi connectivity index (χ0v) is 12.3. The number of nitrogens with one attached hydrogen (secondary N) is 1. The highest BCUT2D eigenvalue weighted by atomic mass is 16.6. The van der Waals surface area contributed by atoms with Gasteiger partial charge in [-0.25, -0.2) is 4.79 Å². The molecule has 0 radical (unpaired) electrons. The van der Waals surface area contributed by atoms with Gasteiger partial charge in [0.25, 0.3) is 0 Å². The standard InChI is InChI=1S/C18H17NO3/c1-21-15-9-7-13(8-10-15)16-11-12-17(22-18(20)19-16)14-5-3-2-4-6-14/h2-10,12,16H,11H2,1H3,(H,19,20). The molecule has 1 N–H and O–H groups in total. The molecule has 0 bridgehead atoms. The summed E-state index contributed by atoms with van der Waals surface area (Å²) < 4.78 is 10.5. The molecule has 0 saturated carbocycles. The first-order valence-corrected chi connectivity index (χ1v) is 7.14. The molecule has 0 aromatic heterocycles. The van der Waals surface area contributed by atoms with Crippen LogP contribution < -0.4 is 10.1 Å². The Labute approximate surface area is 129 Å². The summed E-state index contributed by atoms with van der Waals surface area (Å²) >= 11 is 0. The predicted octanol–water partition coefficient (Wildman–Crippen LogP) is 3.91. The molecule has 4 nitrogen and oxygen atoms in total. The Hall–Kier alpha value is -2.75. The Kier molecular flexibility index (Phi) is 4.10. The third-order valence-electron chi connectivity index (χ3n) is 3.61. The fourth-order valence-corrected chi connectivity index (χ4v) is 2.43. The van der Waals surface area contributed by atoms with E-state index in [9.17, 15) is 4.79 Å². The lowest BCUT2D eigenvalue weighted by Crippen LogP contribution is -2.26. The van der Waals surface area contributed by atoms with Crippen molar-refractivity contribution >= 4 is 11.9 Å². The van der Waals surface area contributed by atoms with Crippen LogP contribution in [0.5, 0.6) is 5.75 Å². The fourth-order valence-electron chi connectivity index (χ4n) is 2.43. The van der Waals surface area contributed by atoms with Crippen molar-refractivity contribution < 1.29 is 14.3 Å². The van der Waals surface area contributed by atoms with Gasteiger partial charge in [0, 0.05) is 5.56 Å². The topological polar surface area (TPSA) is 47.6 Å². The van der Waals surface area contributed by atoms with Gasteiger partial charge >= 0.3 is 6.09 Å². The number of benzene rings is 2. The number of hydrogen-bond donors (Lipinski definition) is 1. The molecule has 1 amide bonds. The quantitative estimate of drug-likeness (QED) is 0.934. The molecule has 22 heavy (non-hydrogen) atoms. The van der Waals surface area contributed by atoms with E-state index in [1.165, 1.54) is 0 Å². The summed E-state index contributed by atoms with van der Waals surface area (Å²) in [6, 6.07) is 17.2. The molecule has 0 fully saturated rings. The maximum atomic E-state index is 12.0. The van der Waals surface area contributed by atoms with Gasteiger partial charge in [-0.1, -0.05) is 42.5 Å². The van der Waals surface area contributed by atoms with Crippen LogP contribution in [-0.4, -0.2) is 13.2 Å². The Bertz CT molecular complexity index is 677. The minimum atomic E-state index is -0.437. The van der Waals surface area contributed by atoms with Crippen LogP contribution >= 0.6 is 0 Å². The molecule has 1 unspecified atom stereocenters. The number of rotatable bonds is 3. The second kappa shape index (κ2) is 6.35. The largest absolute Gasteiger partial charge is 0.497 e. The summed E-state index contributed by atoms with van der Waals surface area (Å²) in [6.45, 7) is 0. The van der Waals surface area contributed by atoms with Crippen LogP contribution in [0.2, 0.25) is 0 Å². The van der Waals surface area contributed by atoms with E-state index in [4.69, 9.17) is 9.47 Å². The smallest absolute Gasteiger partial charge is 0.413 e. The maximum Gasteiger partial charge on any atom is 0.413 e. The molecule has 4 heteroatoms. The van der Waals surface area contributed by atoms with E-state index < -0.39 is 6.09 Å². The normalized spacial score (nSPS) is 17.8. The number of carbonyl (C=O) groups excluding carboxylic acids is 1. The van der Waals surface area contributed by atoms with Gasteiger partial charge in [0.1, 0.15) is 11.5 Å². The minimum absolute atomic E-state index is 0.111. The van der Waals surface area contributed by atoms with Gasteiger partial charge in [-0.15, -0.1) is 0 Å². The molecule has 1 atom stereocenters. The summed E-state index contributed by atoms with van der Waals surface area (Å²) in [5.74, 6) is 1.38. The molecular weight excluding hydrogens is 278 g/mol. The van der Waals surface area contributed by atoms with Crippen LogP contribution in [0.4, 0.5) is 4.79 Å². The highest BCUT2D eigenvalue weighted by molar-refractivity contribution is 5.78. The number of cyclic esters (lactones) is 1. The van der Waals surface area contributed by atoms with Crippen molar-refractivity contribution in [3.05, 3.63) is 71.8 Å². The molecule has 3 rings (SSSR count). The zero-order valence-electron chi connectivity index (χ0n) is 12.3. The Balaban J connectivity index is 1.83. The van der Waals surface area contributed by atoms with Gasteiger partial charge in [-0.2, -0.15) is 0 Å². The molecule has 2 aromatic carbocycles. The summed E-state index contributed by atoms with van der Waals surface area (Å²) in [6.07, 6.45) is 2.18. The lowest BCUT2D eigenvalue weighted by Gasteiger charge is -2.15. The number of methoxy groups -OCH3 is 1. The monoisotopic (exact) mass is 295 g/mol. The molecule has 0 aliphatic carbocycles. The predicted molar refractivity (Wildman–Crippen MR) is 84.4 cm³/mol. The van der Waals surface area contributed by atoms with Crippen LogP contribution in [0.1, 0.15) is 23.6 Å². The van der Waals surface area contributed by atoms with Gasteiger partial charge in [0.15, 0.2) is 0 Å². The SMILES string of the molecule is COc1ccc(C2CC=C(c3ccccc3)OC(=O)N2)cc1. The Morgan fingerprint density at radius 3 is 2.50 bits per heavy atom. The Morgan fingerprint density at radius 1 is 1.09 bits per heavy atom. The van der Waals surface area contributed by atoms with Crippen LogP contribution in [-0.2, 0) is 4.74 Å². The van der Waals surface area contributed by atoms with Crippen LogP contribution in [0, 0.1) is 0 Å². The first-order valence-electron chi connectivity index (χ1n) is 7.14. The zero-order chi connectivity index (χ0) is 15.4. The molecule has 0 saturated heterocycles. The molecule has 0 spiro atoms. The van der Waals surface area contributed by atoms with Crippen molar-refractivity contribution in [2.45, 2.75) is 12.5 Å². The van der Waals surface area contributed by atoms with E-state index in [-0.39, 0.29) is 6.04 Å². The van der Waals surface area contributed by atoms with E-state index >= 15 is 0 Å². The first kappa shape index (κ1) is 14.2. The van der Waals surface area contributed by atoms with Gasteiger partial charge < -0.3 is 14.8 Å². The summed E-state index contributed by atoms with van der Waals surface area (Å²) in [4.78, 5) is 12.0. The van der Waals surface area contributed by atoms with Crippen molar-refractivity contribution in [3.8, 4) is 5.75 Å². The fraction of sp³-hybridized carbons (Fsp3) is 0.167. The van der Waals surface area contributed by atoms with E-state index in [0.717, 1.165) is 16.9 Å². The summed E-state index contributed by atoms with van der Waals surface area (Å²) in [5, 5.41) is 2.88.